The largest absolute Gasteiger partial charge is 0.481 e. The topological polar surface area (TPSA) is 90.0 Å². The quantitative estimate of drug-likeness (QED) is 0.766. The lowest BCUT2D eigenvalue weighted by molar-refractivity contribution is -0.146. The highest BCUT2D eigenvalue weighted by Gasteiger charge is 2.35. The van der Waals surface area contributed by atoms with Gasteiger partial charge < -0.3 is 20.2 Å². The van der Waals surface area contributed by atoms with Crippen LogP contribution in [0.3, 0.4) is 0 Å². The first-order valence-electron chi connectivity index (χ1n) is 7.11. The van der Waals surface area contributed by atoms with E-state index in [1.807, 2.05) is 4.90 Å². The van der Waals surface area contributed by atoms with Crippen molar-refractivity contribution in [2.45, 2.75) is 25.7 Å². The molecule has 0 unspecified atom stereocenters. The smallest absolute Gasteiger partial charge is 0.317 e. The lowest BCUT2D eigenvalue weighted by Gasteiger charge is -2.36. The summed E-state index contributed by atoms with van der Waals surface area (Å²) in [5.41, 5.74) is 0. The van der Waals surface area contributed by atoms with Gasteiger partial charge in [0.2, 0.25) is 5.91 Å². The number of carboxylic acid groups (broad SMARTS) is 1. The number of hydrogen-bond donors (Lipinski definition) is 2. The Morgan fingerprint density at radius 1 is 1.05 bits per heavy atom. The van der Waals surface area contributed by atoms with E-state index in [0.29, 0.717) is 13.0 Å². The van der Waals surface area contributed by atoms with Crippen molar-refractivity contribution in [3.63, 3.8) is 0 Å². The Bertz CT molecular complexity index is 387. The summed E-state index contributed by atoms with van der Waals surface area (Å²) < 4.78 is 0. The number of carboxylic acids is 1. The highest BCUT2D eigenvalue weighted by atomic mass is 16.4. The summed E-state index contributed by atoms with van der Waals surface area (Å²) in [6, 6.07) is -0.283. The summed E-state index contributed by atoms with van der Waals surface area (Å²) in [6.07, 6.45) is 3.60. The number of likely N-dealkylation sites (tertiary alicyclic amines) is 2. The van der Waals surface area contributed by atoms with Crippen LogP contribution in [-0.2, 0) is 9.59 Å². The molecule has 0 aromatic carbocycles. The summed E-state index contributed by atoms with van der Waals surface area (Å²) in [4.78, 5) is 37.4. The van der Waals surface area contributed by atoms with Crippen molar-refractivity contribution in [1.29, 1.82) is 0 Å². The van der Waals surface area contributed by atoms with Gasteiger partial charge in [-0.25, -0.2) is 4.79 Å². The van der Waals surface area contributed by atoms with Crippen LogP contribution in [0.5, 0.6) is 0 Å². The number of piperidine rings is 1. The Labute approximate surface area is 117 Å². The summed E-state index contributed by atoms with van der Waals surface area (Å²) in [5.74, 6) is -1.23. The van der Waals surface area contributed by atoms with Crippen molar-refractivity contribution in [3.05, 3.63) is 0 Å². The van der Waals surface area contributed by atoms with Crippen LogP contribution in [0.1, 0.15) is 25.7 Å². The van der Waals surface area contributed by atoms with Gasteiger partial charge in [-0.05, 0) is 19.3 Å². The van der Waals surface area contributed by atoms with E-state index in [4.69, 9.17) is 5.11 Å². The predicted molar refractivity (Wildman–Crippen MR) is 71.1 cm³/mol. The fourth-order valence-corrected chi connectivity index (χ4v) is 2.49. The molecule has 2 N–H and O–H groups in total. The van der Waals surface area contributed by atoms with Crippen molar-refractivity contribution in [2.75, 3.05) is 32.7 Å². The maximum atomic E-state index is 11.9. The van der Waals surface area contributed by atoms with Crippen molar-refractivity contribution in [1.82, 2.24) is 15.1 Å². The zero-order valence-electron chi connectivity index (χ0n) is 11.5. The van der Waals surface area contributed by atoms with Crippen LogP contribution < -0.4 is 5.32 Å². The normalized spacial score (nSPS) is 19.4. The lowest BCUT2D eigenvalue weighted by Crippen LogP contribution is -2.56. The van der Waals surface area contributed by atoms with Crippen LogP contribution in [-0.4, -0.2) is 65.5 Å². The third-order valence-electron chi connectivity index (χ3n) is 3.84. The average molecular weight is 283 g/mol. The standard InChI is InChI=1S/C13H21N3O4/c17-11(15-6-2-1-3-7-15)4-5-14-13(20)16-8-10(9-16)12(18)19/h10H,1-9H2,(H,14,20)(H,18,19). The molecule has 2 saturated heterocycles. The van der Waals surface area contributed by atoms with Gasteiger partial charge in [0.25, 0.3) is 0 Å². The van der Waals surface area contributed by atoms with Gasteiger partial charge in [-0.1, -0.05) is 0 Å². The molecule has 0 saturated carbocycles. The van der Waals surface area contributed by atoms with Gasteiger partial charge in [0, 0.05) is 39.1 Å². The number of nitrogens with zero attached hydrogens (tertiary/aromatic N) is 2. The minimum atomic E-state index is -0.866. The molecule has 7 nitrogen and oxygen atoms in total. The molecule has 2 heterocycles. The van der Waals surface area contributed by atoms with E-state index < -0.39 is 11.9 Å². The molecule has 112 valence electrons. The Hall–Kier alpha value is -1.79. The zero-order valence-corrected chi connectivity index (χ0v) is 11.5. The molecule has 0 aromatic heterocycles. The van der Waals surface area contributed by atoms with Crippen LogP contribution in [0.25, 0.3) is 0 Å². The molecule has 2 aliphatic heterocycles. The predicted octanol–water partition coefficient (Wildman–Crippen LogP) is 0.115. The number of carbonyl (C=O) groups excluding carboxylic acids is 2. The second-order valence-electron chi connectivity index (χ2n) is 5.36. The molecule has 0 bridgehead atoms. The average Bonchev–Trinajstić information content (AvgIpc) is 2.37. The van der Waals surface area contributed by atoms with Crippen LogP contribution >= 0.6 is 0 Å². The number of nitrogens with one attached hydrogen (secondary N) is 1. The van der Waals surface area contributed by atoms with Crippen molar-refractivity contribution >= 4 is 17.9 Å². The van der Waals surface area contributed by atoms with Crippen molar-refractivity contribution in [2.24, 2.45) is 5.92 Å². The summed E-state index contributed by atoms with van der Waals surface area (Å²) >= 11 is 0. The van der Waals surface area contributed by atoms with Gasteiger partial charge in [0.05, 0.1) is 5.92 Å². The van der Waals surface area contributed by atoms with Gasteiger partial charge >= 0.3 is 12.0 Å². The van der Waals surface area contributed by atoms with Gasteiger partial charge in [-0.2, -0.15) is 0 Å². The maximum Gasteiger partial charge on any atom is 0.317 e. The van der Waals surface area contributed by atoms with Crippen LogP contribution in [0.15, 0.2) is 0 Å². The number of hydrogen-bond acceptors (Lipinski definition) is 3. The Kier molecular flexibility index (Phi) is 4.81. The molecule has 0 spiro atoms. The number of aliphatic carboxylic acids is 1. The van der Waals surface area contributed by atoms with Crippen LogP contribution in [0.4, 0.5) is 4.79 Å². The Balaban J connectivity index is 1.60. The molecule has 0 radical (unpaired) electrons. The van der Waals surface area contributed by atoms with E-state index in [2.05, 4.69) is 5.32 Å². The number of rotatable bonds is 4. The molecule has 3 amide bonds. The van der Waals surface area contributed by atoms with Crippen molar-refractivity contribution < 1.29 is 19.5 Å². The first-order chi connectivity index (χ1) is 9.58. The van der Waals surface area contributed by atoms with E-state index in [9.17, 15) is 14.4 Å². The van der Waals surface area contributed by atoms with E-state index in [-0.39, 0.29) is 25.0 Å². The fraction of sp³-hybridized carbons (Fsp3) is 0.769. The third kappa shape index (κ3) is 3.61. The first kappa shape index (κ1) is 14.6. The Morgan fingerprint density at radius 2 is 1.70 bits per heavy atom. The van der Waals surface area contributed by atoms with Crippen LogP contribution in [0.2, 0.25) is 0 Å². The number of carbonyl (C=O) groups is 3. The lowest BCUT2D eigenvalue weighted by atomic mass is 10.0. The SMILES string of the molecule is O=C(O)C1CN(C(=O)NCCC(=O)N2CCCCC2)C1. The molecule has 2 rings (SSSR count). The van der Waals surface area contributed by atoms with E-state index in [1.165, 1.54) is 11.3 Å². The Morgan fingerprint density at radius 3 is 2.30 bits per heavy atom. The summed E-state index contributed by atoms with van der Waals surface area (Å²) in [5, 5.41) is 11.4. The second kappa shape index (κ2) is 6.58. The van der Waals surface area contributed by atoms with Gasteiger partial charge in [0.15, 0.2) is 0 Å². The second-order valence-corrected chi connectivity index (χ2v) is 5.36. The van der Waals surface area contributed by atoms with E-state index >= 15 is 0 Å². The van der Waals surface area contributed by atoms with E-state index in [0.717, 1.165) is 25.9 Å². The highest BCUT2D eigenvalue weighted by molar-refractivity contribution is 5.81. The monoisotopic (exact) mass is 283 g/mol. The van der Waals surface area contributed by atoms with Gasteiger partial charge in [-0.15, -0.1) is 0 Å². The van der Waals surface area contributed by atoms with Gasteiger partial charge in [0.1, 0.15) is 0 Å². The molecule has 0 atom stereocenters. The minimum Gasteiger partial charge on any atom is -0.481 e. The number of urea groups is 1. The third-order valence-corrected chi connectivity index (χ3v) is 3.84. The summed E-state index contributed by atoms with van der Waals surface area (Å²) in [7, 11) is 0. The zero-order chi connectivity index (χ0) is 14.5. The summed E-state index contributed by atoms with van der Waals surface area (Å²) in [6.45, 7) is 2.45. The van der Waals surface area contributed by atoms with Crippen LogP contribution in [0, 0.1) is 5.92 Å². The molecular formula is C13H21N3O4. The molecule has 2 aliphatic rings. The fourth-order valence-electron chi connectivity index (χ4n) is 2.49. The molecule has 0 aromatic rings. The van der Waals surface area contributed by atoms with Crippen molar-refractivity contribution in [3.8, 4) is 0 Å². The molecule has 7 heteroatoms. The maximum absolute atomic E-state index is 11.9. The molecule has 2 fully saturated rings. The number of amides is 3. The minimum absolute atomic E-state index is 0.0806. The van der Waals surface area contributed by atoms with Gasteiger partial charge in [-0.3, -0.25) is 9.59 Å². The molecule has 20 heavy (non-hydrogen) atoms. The first-order valence-corrected chi connectivity index (χ1v) is 7.11. The van der Waals surface area contributed by atoms with E-state index in [1.54, 1.807) is 0 Å². The molecule has 0 aliphatic carbocycles. The molecular weight excluding hydrogens is 262 g/mol. The highest BCUT2D eigenvalue weighted by Crippen LogP contribution is 2.15.